The first-order valence-electron chi connectivity index (χ1n) is 5.88. The lowest BCUT2D eigenvalue weighted by atomic mass is 9.98. The van der Waals surface area contributed by atoms with Gasteiger partial charge < -0.3 is 16.2 Å². The number of nitrogens with two attached hydrogens (primary N) is 1. The van der Waals surface area contributed by atoms with Gasteiger partial charge in [0.15, 0.2) is 0 Å². The van der Waals surface area contributed by atoms with Gasteiger partial charge >= 0.3 is 6.18 Å². The number of nitrogens with one attached hydrogen (secondary N) is 1. The highest BCUT2D eigenvalue weighted by molar-refractivity contribution is 5.45. The normalized spacial score (nSPS) is 12.5. The van der Waals surface area contributed by atoms with Crippen molar-refractivity contribution in [3.8, 4) is 0 Å². The molecule has 0 amide bonds. The molecular weight excluding hydrogens is 261 g/mol. The van der Waals surface area contributed by atoms with Crippen LogP contribution in [-0.4, -0.2) is 27.2 Å². The molecule has 19 heavy (non-hydrogen) atoms. The first kappa shape index (κ1) is 15.5. The SMILES string of the molecule is CCC(O)(CC)CNc1cc(N)nc(C(F)(F)F)n1. The topological polar surface area (TPSA) is 84.1 Å². The van der Waals surface area contributed by atoms with Gasteiger partial charge in [-0.2, -0.15) is 13.2 Å². The predicted octanol–water partition coefficient (Wildman–Crippen LogP) is 2.04. The molecule has 0 saturated carbocycles. The number of hydrogen-bond acceptors (Lipinski definition) is 5. The third-order valence-electron chi connectivity index (χ3n) is 2.91. The largest absolute Gasteiger partial charge is 0.451 e. The van der Waals surface area contributed by atoms with E-state index in [-0.39, 0.29) is 18.2 Å². The van der Waals surface area contributed by atoms with Crippen molar-refractivity contribution >= 4 is 11.6 Å². The van der Waals surface area contributed by atoms with Gasteiger partial charge in [0.1, 0.15) is 11.6 Å². The van der Waals surface area contributed by atoms with Crippen molar-refractivity contribution in [2.75, 3.05) is 17.6 Å². The first-order chi connectivity index (χ1) is 8.70. The van der Waals surface area contributed by atoms with Gasteiger partial charge in [0.2, 0.25) is 5.82 Å². The Morgan fingerprint density at radius 1 is 1.26 bits per heavy atom. The van der Waals surface area contributed by atoms with E-state index >= 15 is 0 Å². The van der Waals surface area contributed by atoms with E-state index in [4.69, 9.17) is 5.73 Å². The second-order valence-corrected chi connectivity index (χ2v) is 4.28. The van der Waals surface area contributed by atoms with Crippen LogP contribution in [-0.2, 0) is 6.18 Å². The molecule has 4 N–H and O–H groups in total. The number of halogens is 3. The van der Waals surface area contributed by atoms with E-state index < -0.39 is 17.6 Å². The molecule has 0 saturated heterocycles. The van der Waals surface area contributed by atoms with Gasteiger partial charge in [-0.25, -0.2) is 9.97 Å². The smallest absolute Gasteiger partial charge is 0.388 e. The summed E-state index contributed by atoms with van der Waals surface area (Å²) in [6, 6.07) is 1.20. The van der Waals surface area contributed by atoms with Crippen molar-refractivity contribution in [3.05, 3.63) is 11.9 Å². The molecule has 108 valence electrons. The van der Waals surface area contributed by atoms with Gasteiger partial charge in [-0.15, -0.1) is 0 Å². The molecule has 0 aliphatic carbocycles. The summed E-state index contributed by atoms with van der Waals surface area (Å²) in [7, 11) is 0. The molecule has 0 unspecified atom stereocenters. The number of nitrogens with zero attached hydrogens (tertiary/aromatic N) is 2. The number of alkyl halides is 3. The lowest BCUT2D eigenvalue weighted by Crippen LogP contribution is -2.35. The van der Waals surface area contributed by atoms with Crippen LogP contribution in [0.25, 0.3) is 0 Å². The molecule has 1 heterocycles. The molecule has 1 rings (SSSR count). The Labute approximate surface area is 109 Å². The standard InChI is InChI=1S/C11H17F3N4O/c1-3-10(19,4-2)6-16-8-5-7(15)17-9(18-8)11(12,13)14/h5,19H,3-4,6H2,1-2H3,(H3,15,16,17,18). The minimum atomic E-state index is -4.66. The minimum Gasteiger partial charge on any atom is -0.388 e. The van der Waals surface area contributed by atoms with Crippen LogP contribution in [0.2, 0.25) is 0 Å². The van der Waals surface area contributed by atoms with Gasteiger partial charge in [0.25, 0.3) is 0 Å². The van der Waals surface area contributed by atoms with Crippen LogP contribution in [0.5, 0.6) is 0 Å². The van der Waals surface area contributed by atoms with Gasteiger partial charge in [-0.1, -0.05) is 13.8 Å². The molecule has 5 nitrogen and oxygen atoms in total. The van der Waals surface area contributed by atoms with E-state index in [0.29, 0.717) is 12.8 Å². The van der Waals surface area contributed by atoms with E-state index in [1.165, 1.54) is 6.07 Å². The maximum atomic E-state index is 12.5. The van der Waals surface area contributed by atoms with E-state index in [9.17, 15) is 18.3 Å². The molecule has 1 aromatic heterocycles. The number of nitrogen functional groups attached to an aromatic ring is 1. The Bertz CT molecular complexity index is 432. The molecule has 8 heteroatoms. The number of rotatable bonds is 5. The number of hydrogen-bond donors (Lipinski definition) is 3. The molecule has 0 aliphatic rings. The Morgan fingerprint density at radius 2 is 1.84 bits per heavy atom. The lowest BCUT2D eigenvalue weighted by Gasteiger charge is -2.25. The maximum Gasteiger partial charge on any atom is 0.451 e. The monoisotopic (exact) mass is 278 g/mol. The average Bonchev–Trinajstić information content (AvgIpc) is 2.34. The number of aromatic nitrogens is 2. The van der Waals surface area contributed by atoms with Crippen LogP contribution in [0.3, 0.4) is 0 Å². The van der Waals surface area contributed by atoms with Gasteiger partial charge in [-0.05, 0) is 12.8 Å². The summed E-state index contributed by atoms with van der Waals surface area (Å²) in [6.45, 7) is 3.68. The summed E-state index contributed by atoms with van der Waals surface area (Å²) in [6.07, 6.45) is -3.70. The summed E-state index contributed by atoms with van der Waals surface area (Å²) in [5.41, 5.74) is 4.32. The highest BCUT2D eigenvalue weighted by Crippen LogP contribution is 2.28. The average molecular weight is 278 g/mol. The van der Waals surface area contributed by atoms with Crippen molar-refractivity contribution < 1.29 is 18.3 Å². The van der Waals surface area contributed by atoms with Crippen LogP contribution >= 0.6 is 0 Å². The van der Waals surface area contributed by atoms with Crippen molar-refractivity contribution in [3.63, 3.8) is 0 Å². The van der Waals surface area contributed by atoms with Crippen molar-refractivity contribution in [1.29, 1.82) is 0 Å². The van der Waals surface area contributed by atoms with Crippen molar-refractivity contribution in [2.24, 2.45) is 0 Å². The van der Waals surface area contributed by atoms with Crippen LogP contribution in [0.15, 0.2) is 6.07 Å². The van der Waals surface area contributed by atoms with Gasteiger partial charge in [-0.3, -0.25) is 0 Å². The second kappa shape index (κ2) is 5.60. The van der Waals surface area contributed by atoms with E-state index in [2.05, 4.69) is 15.3 Å². The molecule has 0 radical (unpaired) electrons. The van der Waals surface area contributed by atoms with E-state index in [0.717, 1.165) is 0 Å². The van der Waals surface area contributed by atoms with E-state index in [1.54, 1.807) is 13.8 Å². The second-order valence-electron chi connectivity index (χ2n) is 4.28. The van der Waals surface area contributed by atoms with Crippen molar-refractivity contribution in [1.82, 2.24) is 9.97 Å². The maximum absolute atomic E-state index is 12.5. The highest BCUT2D eigenvalue weighted by Gasteiger charge is 2.35. The molecule has 0 bridgehead atoms. The zero-order valence-corrected chi connectivity index (χ0v) is 10.8. The minimum absolute atomic E-state index is 0.0554. The summed E-state index contributed by atoms with van der Waals surface area (Å²) < 4.78 is 37.5. The lowest BCUT2D eigenvalue weighted by molar-refractivity contribution is -0.144. The molecule has 0 spiro atoms. The first-order valence-corrected chi connectivity index (χ1v) is 5.88. The summed E-state index contributed by atoms with van der Waals surface area (Å²) in [5, 5.41) is 12.7. The zero-order valence-electron chi connectivity index (χ0n) is 10.8. The predicted molar refractivity (Wildman–Crippen MR) is 65.5 cm³/mol. The fraction of sp³-hybridized carbons (Fsp3) is 0.636. The van der Waals surface area contributed by atoms with Crippen LogP contribution in [0.4, 0.5) is 24.8 Å². The fourth-order valence-electron chi connectivity index (χ4n) is 1.44. The number of anilines is 2. The third-order valence-corrected chi connectivity index (χ3v) is 2.91. The molecular formula is C11H17F3N4O. The zero-order chi connectivity index (χ0) is 14.7. The van der Waals surface area contributed by atoms with E-state index in [1.807, 2.05) is 0 Å². The third kappa shape index (κ3) is 4.23. The van der Waals surface area contributed by atoms with Crippen molar-refractivity contribution in [2.45, 2.75) is 38.5 Å². The Morgan fingerprint density at radius 3 is 2.32 bits per heavy atom. The summed E-state index contributed by atoms with van der Waals surface area (Å²) in [5.74, 6) is -1.63. The molecule has 0 aliphatic heterocycles. The van der Waals surface area contributed by atoms with Gasteiger partial charge in [0, 0.05) is 12.6 Å². The van der Waals surface area contributed by atoms with Crippen LogP contribution < -0.4 is 11.1 Å². The summed E-state index contributed by atoms with van der Waals surface area (Å²) in [4.78, 5) is 6.47. The Hall–Kier alpha value is -1.57. The number of aliphatic hydroxyl groups is 1. The van der Waals surface area contributed by atoms with Crippen LogP contribution in [0, 0.1) is 0 Å². The summed E-state index contributed by atoms with van der Waals surface area (Å²) >= 11 is 0. The van der Waals surface area contributed by atoms with Crippen LogP contribution in [0.1, 0.15) is 32.5 Å². The molecule has 0 fully saturated rings. The molecule has 1 aromatic rings. The van der Waals surface area contributed by atoms with Gasteiger partial charge in [0.05, 0.1) is 5.60 Å². The fourth-order valence-corrected chi connectivity index (χ4v) is 1.44. The quantitative estimate of drug-likeness (QED) is 0.767. The Kier molecular flexibility index (Phi) is 4.56. The highest BCUT2D eigenvalue weighted by atomic mass is 19.4. The molecule has 0 aromatic carbocycles. The molecule has 0 atom stereocenters. The Balaban J connectivity index is 2.88.